The van der Waals surface area contributed by atoms with Crippen LogP contribution in [0.2, 0.25) is 0 Å². The third kappa shape index (κ3) is 2.37. The van der Waals surface area contributed by atoms with Gasteiger partial charge >= 0.3 is 0 Å². The fourth-order valence-corrected chi connectivity index (χ4v) is 3.32. The first-order chi connectivity index (χ1) is 8.04. The normalized spacial score (nSPS) is 33.9. The van der Waals surface area contributed by atoms with Crippen LogP contribution in [0.25, 0.3) is 0 Å². The van der Waals surface area contributed by atoms with Crippen LogP contribution in [0, 0.1) is 17.8 Å². The molecule has 0 aromatic carbocycles. The Kier molecular flexibility index (Phi) is 3.53. The summed E-state index contributed by atoms with van der Waals surface area (Å²) < 4.78 is 0. The molecule has 94 valence electrons. The standard InChI is InChI=1S/C15H23NO/c1-11(2)14-7-6-12(3)9-15(14,17)13-5-4-8-16-10-13/h4-5,8,10-12,14,17H,6-7,9H2,1-3H3. The van der Waals surface area contributed by atoms with Crippen molar-refractivity contribution < 1.29 is 5.11 Å². The van der Waals surface area contributed by atoms with Crippen LogP contribution in [-0.2, 0) is 5.60 Å². The van der Waals surface area contributed by atoms with Gasteiger partial charge in [-0.3, -0.25) is 4.98 Å². The molecule has 0 aliphatic heterocycles. The zero-order valence-electron chi connectivity index (χ0n) is 11.1. The highest BCUT2D eigenvalue weighted by molar-refractivity contribution is 5.20. The van der Waals surface area contributed by atoms with Gasteiger partial charge in [0.2, 0.25) is 0 Å². The van der Waals surface area contributed by atoms with Crippen molar-refractivity contribution in [1.29, 1.82) is 0 Å². The Balaban J connectivity index is 2.36. The topological polar surface area (TPSA) is 33.1 Å². The van der Waals surface area contributed by atoms with Gasteiger partial charge in [-0.25, -0.2) is 0 Å². The van der Waals surface area contributed by atoms with E-state index < -0.39 is 5.60 Å². The van der Waals surface area contributed by atoms with Gasteiger partial charge in [0.05, 0.1) is 5.60 Å². The van der Waals surface area contributed by atoms with Crippen molar-refractivity contribution in [2.45, 2.75) is 45.6 Å². The highest BCUT2D eigenvalue weighted by Gasteiger charge is 2.43. The van der Waals surface area contributed by atoms with Gasteiger partial charge in [-0.15, -0.1) is 0 Å². The highest BCUT2D eigenvalue weighted by Crippen LogP contribution is 2.46. The second kappa shape index (κ2) is 4.77. The lowest BCUT2D eigenvalue weighted by Gasteiger charge is -2.44. The van der Waals surface area contributed by atoms with E-state index in [-0.39, 0.29) is 0 Å². The first kappa shape index (κ1) is 12.6. The average molecular weight is 233 g/mol. The number of pyridine rings is 1. The summed E-state index contributed by atoms with van der Waals surface area (Å²) >= 11 is 0. The molecule has 1 fully saturated rings. The Morgan fingerprint density at radius 1 is 1.41 bits per heavy atom. The number of hydrogen-bond donors (Lipinski definition) is 1. The Bertz CT molecular complexity index is 362. The monoisotopic (exact) mass is 233 g/mol. The summed E-state index contributed by atoms with van der Waals surface area (Å²) in [5, 5.41) is 11.1. The van der Waals surface area contributed by atoms with Gasteiger partial charge < -0.3 is 5.11 Å². The summed E-state index contributed by atoms with van der Waals surface area (Å²) in [6.07, 6.45) is 6.80. The summed E-state index contributed by atoms with van der Waals surface area (Å²) in [7, 11) is 0. The second-order valence-corrected chi connectivity index (χ2v) is 5.90. The number of rotatable bonds is 2. The maximum Gasteiger partial charge on any atom is 0.0944 e. The lowest BCUT2D eigenvalue weighted by molar-refractivity contribution is -0.0867. The molecule has 1 saturated carbocycles. The molecule has 0 spiro atoms. The minimum absolute atomic E-state index is 0.350. The van der Waals surface area contributed by atoms with Crippen LogP contribution in [0.3, 0.4) is 0 Å². The van der Waals surface area contributed by atoms with Crippen LogP contribution in [0.15, 0.2) is 24.5 Å². The van der Waals surface area contributed by atoms with Crippen LogP contribution in [0.5, 0.6) is 0 Å². The van der Waals surface area contributed by atoms with E-state index in [0.717, 1.165) is 18.4 Å². The lowest BCUT2D eigenvalue weighted by Crippen LogP contribution is -2.43. The van der Waals surface area contributed by atoms with Crippen molar-refractivity contribution >= 4 is 0 Å². The summed E-state index contributed by atoms with van der Waals surface area (Å²) in [4.78, 5) is 4.16. The van der Waals surface area contributed by atoms with Crippen LogP contribution < -0.4 is 0 Å². The largest absolute Gasteiger partial charge is 0.385 e. The molecule has 2 rings (SSSR count). The van der Waals surface area contributed by atoms with E-state index in [2.05, 4.69) is 25.8 Å². The van der Waals surface area contributed by atoms with Gasteiger partial charge in [0.1, 0.15) is 0 Å². The third-order valence-electron chi connectivity index (χ3n) is 4.21. The molecule has 1 aliphatic carbocycles. The number of aliphatic hydroxyl groups is 1. The van der Waals surface area contributed by atoms with Gasteiger partial charge in [0.15, 0.2) is 0 Å². The zero-order chi connectivity index (χ0) is 12.5. The molecule has 1 N–H and O–H groups in total. The molecule has 1 aromatic heterocycles. The predicted molar refractivity (Wildman–Crippen MR) is 69.5 cm³/mol. The van der Waals surface area contributed by atoms with E-state index in [9.17, 15) is 5.11 Å². The van der Waals surface area contributed by atoms with Gasteiger partial charge in [0, 0.05) is 18.0 Å². The van der Waals surface area contributed by atoms with Gasteiger partial charge in [-0.2, -0.15) is 0 Å². The molecule has 3 atom stereocenters. The van der Waals surface area contributed by atoms with Crippen LogP contribution >= 0.6 is 0 Å². The Morgan fingerprint density at radius 2 is 2.18 bits per heavy atom. The van der Waals surface area contributed by atoms with Crippen molar-refractivity contribution in [3.63, 3.8) is 0 Å². The molecule has 1 heterocycles. The molecule has 0 saturated heterocycles. The number of aromatic nitrogens is 1. The first-order valence-corrected chi connectivity index (χ1v) is 6.67. The number of nitrogens with zero attached hydrogens (tertiary/aromatic N) is 1. The minimum atomic E-state index is -0.680. The minimum Gasteiger partial charge on any atom is -0.385 e. The molecular weight excluding hydrogens is 210 g/mol. The van der Waals surface area contributed by atoms with E-state index in [4.69, 9.17) is 0 Å². The van der Waals surface area contributed by atoms with Crippen molar-refractivity contribution in [2.24, 2.45) is 17.8 Å². The molecule has 2 heteroatoms. The number of hydrogen-bond acceptors (Lipinski definition) is 2. The van der Waals surface area contributed by atoms with E-state index in [0.29, 0.717) is 17.8 Å². The molecular formula is C15H23NO. The zero-order valence-corrected chi connectivity index (χ0v) is 11.1. The van der Waals surface area contributed by atoms with Gasteiger partial charge in [-0.1, -0.05) is 33.3 Å². The predicted octanol–water partition coefficient (Wildman–Crippen LogP) is 3.36. The summed E-state index contributed by atoms with van der Waals surface area (Å²) in [6, 6.07) is 3.93. The lowest BCUT2D eigenvalue weighted by atomic mass is 9.64. The SMILES string of the molecule is CC1CCC(C(C)C)C(O)(c2cccnc2)C1. The van der Waals surface area contributed by atoms with E-state index in [1.54, 1.807) is 6.20 Å². The highest BCUT2D eigenvalue weighted by atomic mass is 16.3. The molecule has 1 aromatic rings. The Labute approximate surface area is 104 Å². The molecule has 0 amide bonds. The van der Waals surface area contributed by atoms with E-state index in [1.807, 2.05) is 18.3 Å². The van der Waals surface area contributed by atoms with Crippen molar-refractivity contribution in [3.05, 3.63) is 30.1 Å². The maximum absolute atomic E-state index is 11.1. The summed E-state index contributed by atoms with van der Waals surface area (Å²) in [6.45, 7) is 6.65. The van der Waals surface area contributed by atoms with Crippen molar-refractivity contribution in [2.75, 3.05) is 0 Å². The van der Waals surface area contributed by atoms with Gasteiger partial charge in [-0.05, 0) is 36.7 Å². The molecule has 3 unspecified atom stereocenters. The summed E-state index contributed by atoms with van der Waals surface area (Å²) in [5.41, 5.74) is 0.311. The fraction of sp³-hybridized carbons (Fsp3) is 0.667. The van der Waals surface area contributed by atoms with Crippen LogP contribution in [0.4, 0.5) is 0 Å². The van der Waals surface area contributed by atoms with Gasteiger partial charge in [0.25, 0.3) is 0 Å². The van der Waals surface area contributed by atoms with Crippen LogP contribution in [-0.4, -0.2) is 10.1 Å². The fourth-order valence-electron chi connectivity index (χ4n) is 3.32. The molecule has 2 nitrogen and oxygen atoms in total. The first-order valence-electron chi connectivity index (χ1n) is 6.67. The van der Waals surface area contributed by atoms with Crippen LogP contribution in [0.1, 0.15) is 45.6 Å². The quantitative estimate of drug-likeness (QED) is 0.849. The smallest absolute Gasteiger partial charge is 0.0944 e. The average Bonchev–Trinajstić information content (AvgIpc) is 2.29. The Morgan fingerprint density at radius 3 is 2.76 bits per heavy atom. The van der Waals surface area contributed by atoms with E-state index in [1.165, 1.54) is 6.42 Å². The maximum atomic E-state index is 11.1. The molecule has 0 bridgehead atoms. The molecule has 1 aliphatic rings. The Hall–Kier alpha value is -0.890. The third-order valence-corrected chi connectivity index (χ3v) is 4.21. The second-order valence-electron chi connectivity index (χ2n) is 5.90. The van der Waals surface area contributed by atoms with Crippen molar-refractivity contribution in [3.8, 4) is 0 Å². The van der Waals surface area contributed by atoms with E-state index >= 15 is 0 Å². The molecule has 17 heavy (non-hydrogen) atoms. The van der Waals surface area contributed by atoms with Crippen molar-refractivity contribution in [1.82, 2.24) is 4.98 Å². The summed E-state index contributed by atoms with van der Waals surface area (Å²) in [5.74, 6) is 1.45. The molecule has 0 radical (unpaired) electrons.